The topological polar surface area (TPSA) is 69.1 Å². The van der Waals surface area contributed by atoms with E-state index in [9.17, 15) is 4.79 Å². The van der Waals surface area contributed by atoms with E-state index in [1.807, 2.05) is 23.6 Å². The molecule has 15 heavy (non-hydrogen) atoms. The van der Waals surface area contributed by atoms with Crippen molar-refractivity contribution in [3.05, 3.63) is 10.4 Å². The minimum Gasteiger partial charge on any atom is -0.340 e. The first kappa shape index (κ1) is 12.2. The highest BCUT2D eigenvalue weighted by atomic mass is 32.2. The van der Waals surface area contributed by atoms with Crippen molar-refractivity contribution in [2.75, 3.05) is 24.6 Å². The molecule has 1 amide bonds. The summed E-state index contributed by atoms with van der Waals surface area (Å²) < 4.78 is 0. The first-order valence-electron chi connectivity index (χ1n) is 5.17. The molecule has 1 heterocycles. The summed E-state index contributed by atoms with van der Waals surface area (Å²) in [6, 6.07) is 0.345. The predicted molar refractivity (Wildman–Crippen MR) is 61.7 cm³/mol. The molecule has 1 saturated heterocycles. The average Bonchev–Trinajstić information content (AvgIpc) is 2.29. The molecule has 0 unspecified atom stereocenters. The molecule has 0 atom stereocenters. The van der Waals surface area contributed by atoms with Gasteiger partial charge in [-0.15, -0.1) is 0 Å². The van der Waals surface area contributed by atoms with Gasteiger partial charge in [0, 0.05) is 17.5 Å². The molecule has 0 aromatic heterocycles. The maximum absolute atomic E-state index is 11.7. The summed E-state index contributed by atoms with van der Waals surface area (Å²) in [7, 11) is 0. The number of carbonyl (C=O) groups excluding carboxylic acids is 1. The van der Waals surface area contributed by atoms with Crippen molar-refractivity contribution in [2.45, 2.75) is 25.8 Å². The highest BCUT2D eigenvalue weighted by molar-refractivity contribution is 7.99. The lowest BCUT2D eigenvalue weighted by Crippen LogP contribution is -2.43. The van der Waals surface area contributed by atoms with Crippen LogP contribution in [-0.4, -0.2) is 41.4 Å². The number of carbonyl (C=O) groups is 1. The van der Waals surface area contributed by atoms with Gasteiger partial charge in [-0.2, -0.15) is 11.8 Å². The van der Waals surface area contributed by atoms with Crippen LogP contribution in [0.3, 0.4) is 0 Å². The number of amides is 1. The molecule has 0 N–H and O–H groups in total. The van der Waals surface area contributed by atoms with Crippen LogP contribution in [-0.2, 0) is 4.79 Å². The Kier molecular flexibility index (Phi) is 5.36. The van der Waals surface area contributed by atoms with E-state index in [2.05, 4.69) is 10.0 Å². The largest absolute Gasteiger partial charge is 0.340 e. The highest BCUT2D eigenvalue weighted by Gasteiger charge is 2.23. The third kappa shape index (κ3) is 3.64. The Balaban J connectivity index is 2.52. The van der Waals surface area contributed by atoms with Gasteiger partial charge in [-0.05, 0) is 36.8 Å². The molecule has 0 aliphatic carbocycles. The van der Waals surface area contributed by atoms with Crippen molar-refractivity contribution in [1.29, 1.82) is 0 Å². The van der Waals surface area contributed by atoms with E-state index in [1.165, 1.54) is 0 Å². The van der Waals surface area contributed by atoms with E-state index in [0.29, 0.717) is 12.6 Å². The number of rotatable bonds is 4. The molecule has 84 valence electrons. The SMILES string of the molecule is CCN(C(=O)CN=[N+]=[N-])C1CCSCC1. The summed E-state index contributed by atoms with van der Waals surface area (Å²) in [5.41, 5.74) is 8.16. The number of hydrogen-bond donors (Lipinski definition) is 0. The summed E-state index contributed by atoms with van der Waals surface area (Å²) in [5.74, 6) is 2.19. The second-order valence-electron chi connectivity index (χ2n) is 3.41. The van der Waals surface area contributed by atoms with Crippen LogP contribution in [0.1, 0.15) is 19.8 Å². The lowest BCUT2D eigenvalue weighted by Gasteiger charge is -2.33. The van der Waals surface area contributed by atoms with Crippen LogP contribution < -0.4 is 0 Å². The van der Waals surface area contributed by atoms with E-state index >= 15 is 0 Å². The number of nitrogens with zero attached hydrogens (tertiary/aromatic N) is 4. The van der Waals surface area contributed by atoms with Gasteiger partial charge in [0.05, 0.1) is 0 Å². The Labute approximate surface area is 93.8 Å². The Hall–Kier alpha value is -0.870. The zero-order chi connectivity index (χ0) is 11.1. The lowest BCUT2D eigenvalue weighted by molar-refractivity contribution is -0.131. The fourth-order valence-corrected chi connectivity index (χ4v) is 2.90. The van der Waals surface area contributed by atoms with Gasteiger partial charge in [0.1, 0.15) is 6.54 Å². The maximum Gasteiger partial charge on any atom is 0.228 e. The van der Waals surface area contributed by atoms with Gasteiger partial charge in [0.15, 0.2) is 0 Å². The molecular weight excluding hydrogens is 212 g/mol. The van der Waals surface area contributed by atoms with Crippen LogP contribution in [0.15, 0.2) is 5.11 Å². The molecule has 6 heteroatoms. The molecule has 5 nitrogen and oxygen atoms in total. The van der Waals surface area contributed by atoms with Crippen molar-refractivity contribution in [3.63, 3.8) is 0 Å². The van der Waals surface area contributed by atoms with Gasteiger partial charge in [0.25, 0.3) is 0 Å². The summed E-state index contributed by atoms with van der Waals surface area (Å²) in [4.78, 5) is 16.1. The van der Waals surface area contributed by atoms with E-state index in [4.69, 9.17) is 5.53 Å². The van der Waals surface area contributed by atoms with Gasteiger partial charge in [-0.1, -0.05) is 5.11 Å². The first-order chi connectivity index (χ1) is 7.29. The predicted octanol–water partition coefficient (Wildman–Crippen LogP) is 2.04. The third-order valence-corrected chi connectivity index (χ3v) is 3.61. The molecular formula is C9H16N4OS. The second-order valence-corrected chi connectivity index (χ2v) is 4.64. The second kappa shape index (κ2) is 6.58. The fraction of sp³-hybridized carbons (Fsp3) is 0.889. The molecule has 0 aromatic rings. The molecule has 1 rings (SSSR count). The molecule has 1 aliphatic heterocycles. The smallest absolute Gasteiger partial charge is 0.228 e. The highest BCUT2D eigenvalue weighted by Crippen LogP contribution is 2.21. The molecule has 0 spiro atoms. The Morgan fingerprint density at radius 3 is 2.80 bits per heavy atom. The Morgan fingerprint density at radius 2 is 2.27 bits per heavy atom. The zero-order valence-corrected chi connectivity index (χ0v) is 9.74. The monoisotopic (exact) mass is 228 g/mol. The fourth-order valence-electron chi connectivity index (χ4n) is 1.82. The van der Waals surface area contributed by atoms with Crippen molar-refractivity contribution in [1.82, 2.24) is 4.90 Å². The molecule has 0 bridgehead atoms. The van der Waals surface area contributed by atoms with E-state index < -0.39 is 0 Å². The van der Waals surface area contributed by atoms with Crippen molar-refractivity contribution in [3.8, 4) is 0 Å². The Bertz CT molecular complexity index is 259. The maximum atomic E-state index is 11.7. The van der Waals surface area contributed by atoms with Crippen LogP contribution in [0.25, 0.3) is 10.4 Å². The molecule has 1 fully saturated rings. The third-order valence-electron chi connectivity index (χ3n) is 2.56. The zero-order valence-electron chi connectivity index (χ0n) is 8.93. The normalized spacial score (nSPS) is 16.9. The standard InChI is InChI=1S/C9H16N4OS/c1-2-13(9(14)7-11-12-10)8-3-5-15-6-4-8/h8H,2-7H2,1H3. The molecule has 0 saturated carbocycles. The lowest BCUT2D eigenvalue weighted by atomic mass is 10.1. The van der Waals surface area contributed by atoms with Crippen LogP contribution in [0.2, 0.25) is 0 Å². The van der Waals surface area contributed by atoms with Gasteiger partial charge < -0.3 is 4.90 Å². The minimum atomic E-state index is -0.0489. The van der Waals surface area contributed by atoms with Crippen molar-refractivity contribution >= 4 is 17.7 Å². The number of likely N-dealkylation sites (N-methyl/N-ethyl adjacent to an activating group) is 1. The number of thioether (sulfide) groups is 1. The quantitative estimate of drug-likeness (QED) is 0.419. The van der Waals surface area contributed by atoms with E-state index in [-0.39, 0.29) is 12.5 Å². The summed E-state index contributed by atoms with van der Waals surface area (Å²) >= 11 is 1.94. The average molecular weight is 228 g/mol. The van der Waals surface area contributed by atoms with E-state index in [1.54, 1.807) is 0 Å². The summed E-state index contributed by atoms with van der Waals surface area (Å²) in [5, 5.41) is 3.32. The van der Waals surface area contributed by atoms with Gasteiger partial charge >= 0.3 is 0 Å². The number of hydrogen-bond acceptors (Lipinski definition) is 3. The van der Waals surface area contributed by atoms with Crippen LogP contribution >= 0.6 is 11.8 Å². The molecule has 1 aliphatic rings. The summed E-state index contributed by atoms with van der Waals surface area (Å²) in [6.45, 7) is 2.62. The Morgan fingerprint density at radius 1 is 1.60 bits per heavy atom. The summed E-state index contributed by atoms with van der Waals surface area (Å²) in [6.07, 6.45) is 2.11. The van der Waals surface area contributed by atoms with Crippen molar-refractivity contribution < 1.29 is 4.79 Å². The van der Waals surface area contributed by atoms with Crippen molar-refractivity contribution in [2.24, 2.45) is 5.11 Å². The van der Waals surface area contributed by atoms with Gasteiger partial charge in [-0.25, -0.2) is 0 Å². The van der Waals surface area contributed by atoms with E-state index in [0.717, 1.165) is 24.3 Å². The van der Waals surface area contributed by atoms with Crippen LogP contribution in [0.5, 0.6) is 0 Å². The first-order valence-corrected chi connectivity index (χ1v) is 6.33. The molecule has 0 radical (unpaired) electrons. The number of azide groups is 1. The van der Waals surface area contributed by atoms with Crippen LogP contribution in [0, 0.1) is 0 Å². The van der Waals surface area contributed by atoms with Crippen LogP contribution in [0.4, 0.5) is 0 Å². The van der Waals surface area contributed by atoms with Gasteiger partial charge in [0.2, 0.25) is 5.91 Å². The minimum absolute atomic E-state index is 0.0476. The molecule has 0 aromatic carbocycles. The van der Waals surface area contributed by atoms with Gasteiger partial charge in [-0.3, -0.25) is 4.79 Å².